The molecule has 0 saturated carbocycles. The van der Waals surface area contributed by atoms with Gasteiger partial charge in [-0.25, -0.2) is 0 Å². The molecule has 0 bridgehead atoms. The van der Waals surface area contributed by atoms with Crippen LogP contribution in [-0.4, -0.2) is 49.2 Å². The second-order valence-electron chi connectivity index (χ2n) is 8.62. The van der Waals surface area contributed by atoms with Crippen molar-refractivity contribution in [2.75, 3.05) is 33.4 Å². The Kier molecular flexibility index (Phi) is 6.95. The van der Waals surface area contributed by atoms with E-state index in [0.29, 0.717) is 43.4 Å². The summed E-state index contributed by atoms with van der Waals surface area (Å²) in [5.74, 6) is 1.22. The molecule has 0 unspecified atom stereocenters. The largest absolute Gasteiger partial charge is 0.493 e. The smallest absolute Gasteiger partial charge is 0.254 e. The van der Waals surface area contributed by atoms with Crippen molar-refractivity contribution in [3.8, 4) is 11.5 Å². The van der Waals surface area contributed by atoms with E-state index in [0.717, 1.165) is 23.1 Å². The first-order chi connectivity index (χ1) is 17.2. The number of furan rings is 1. The van der Waals surface area contributed by atoms with E-state index in [9.17, 15) is 4.79 Å². The van der Waals surface area contributed by atoms with Gasteiger partial charge in [-0.05, 0) is 54.4 Å². The second-order valence-corrected chi connectivity index (χ2v) is 8.62. The molecule has 0 spiro atoms. The van der Waals surface area contributed by atoms with Gasteiger partial charge in [-0.15, -0.1) is 0 Å². The summed E-state index contributed by atoms with van der Waals surface area (Å²) in [6.07, 6.45) is 4.24. The molecule has 2 aromatic carbocycles. The lowest BCUT2D eigenvalue weighted by Crippen LogP contribution is -2.36. The minimum absolute atomic E-state index is 0.0487. The highest BCUT2D eigenvalue weighted by Crippen LogP contribution is 2.30. The van der Waals surface area contributed by atoms with Gasteiger partial charge in [0.1, 0.15) is 12.2 Å². The molecule has 0 aliphatic carbocycles. The average molecular weight is 473 g/mol. The molecule has 3 heterocycles. The number of aromatic nitrogens is 1. The van der Waals surface area contributed by atoms with E-state index in [1.165, 1.54) is 5.56 Å². The van der Waals surface area contributed by atoms with Gasteiger partial charge in [0.2, 0.25) is 0 Å². The monoisotopic (exact) mass is 472 g/mol. The highest BCUT2D eigenvalue weighted by atomic mass is 16.5. The predicted molar refractivity (Wildman–Crippen MR) is 132 cm³/mol. The third-order valence-electron chi connectivity index (χ3n) is 6.23. The van der Waals surface area contributed by atoms with Gasteiger partial charge >= 0.3 is 0 Å². The number of rotatable bonds is 7. The lowest BCUT2D eigenvalue weighted by molar-refractivity contribution is 0.0736. The van der Waals surface area contributed by atoms with E-state index in [1.807, 2.05) is 41.3 Å². The third-order valence-corrected chi connectivity index (χ3v) is 6.23. The number of ether oxygens (including phenoxy) is 3. The van der Waals surface area contributed by atoms with Crippen LogP contribution in [0.4, 0.5) is 0 Å². The van der Waals surface area contributed by atoms with Crippen molar-refractivity contribution in [3.63, 3.8) is 0 Å². The van der Waals surface area contributed by atoms with Gasteiger partial charge in [0.15, 0.2) is 11.5 Å². The number of benzene rings is 2. The molecular weight excluding hydrogens is 444 g/mol. The molecule has 1 fully saturated rings. The number of methoxy groups -OCH3 is 1. The summed E-state index contributed by atoms with van der Waals surface area (Å²) in [4.78, 5) is 19.7. The van der Waals surface area contributed by atoms with Gasteiger partial charge in [0.25, 0.3) is 5.91 Å². The SMILES string of the molecule is COc1ccc(C(=O)N2CCOC[C@H](Cc3cccc4occc34)C2)cc1OCc1ccccn1. The maximum absolute atomic E-state index is 13.5. The lowest BCUT2D eigenvalue weighted by Gasteiger charge is -2.24. The van der Waals surface area contributed by atoms with E-state index < -0.39 is 0 Å². The van der Waals surface area contributed by atoms with E-state index in [2.05, 4.69) is 11.1 Å². The number of nitrogens with zero attached hydrogens (tertiary/aromatic N) is 2. The van der Waals surface area contributed by atoms with Crippen LogP contribution in [0.5, 0.6) is 11.5 Å². The van der Waals surface area contributed by atoms with Gasteiger partial charge in [-0.2, -0.15) is 0 Å². The van der Waals surface area contributed by atoms with Crippen molar-refractivity contribution in [2.45, 2.75) is 13.0 Å². The first-order valence-electron chi connectivity index (χ1n) is 11.7. The number of fused-ring (bicyclic) bond motifs is 1. The minimum atomic E-state index is -0.0487. The van der Waals surface area contributed by atoms with Crippen LogP contribution in [0.15, 0.2) is 77.5 Å². The van der Waals surface area contributed by atoms with Gasteiger partial charge in [-0.3, -0.25) is 9.78 Å². The summed E-state index contributed by atoms with van der Waals surface area (Å²) >= 11 is 0. The summed E-state index contributed by atoms with van der Waals surface area (Å²) in [6.45, 7) is 2.56. The number of carbonyl (C=O) groups excluding carboxylic acids is 1. The Bertz CT molecular complexity index is 1290. The third kappa shape index (κ3) is 5.30. The Morgan fingerprint density at radius 2 is 2.06 bits per heavy atom. The molecule has 35 heavy (non-hydrogen) atoms. The molecule has 4 aromatic rings. The Balaban J connectivity index is 1.31. The Morgan fingerprint density at radius 1 is 1.11 bits per heavy atom. The summed E-state index contributed by atoms with van der Waals surface area (Å²) in [6, 6.07) is 19.0. The zero-order valence-corrected chi connectivity index (χ0v) is 19.7. The number of carbonyl (C=O) groups is 1. The van der Waals surface area contributed by atoms with E-state index in [4.69, 9.17) is 18.6 Å². The second kappa shape index (κ2) is 10.6. The van der Waals surface area contributed by atoms with Crippen LogP contribution < -0.4 is 9.47 Å². The number of pyridine rings is 1. The normalized spacial score (nSPS) is 16.1. The molecule has 0 N–H and O–H groups in total. The molecule has 5 rings (SSSR count). The van der Waals surface area contributed by atoms with Crippen LogP contribution in [0, 0.1) is 5.92 Å². The predicted octanol–water partition coefficient (Wildman–Crippen LogP) is 4.75. The first-order valence-corrected chi connectivity index (χ1v) is 11.7. The van der Waals surface area contributed by atoms with Crippen LogP contribution in [-0.2, 0) is 17.8 Å². The number of hydrogen-bond acceptors (Lipinski definition) is 6. The number of hydrogen-bond donors (Lipinski definition) is 0. The van der Waals surface area contributed by atoms with Gasteiger partial charge in [0.05, 0.1) is 32.3 Å². The van der Waals surface area contributed by atoms with Crippen molar-refractivity contribution in [3.05, 3.63) is 89.9 Å². The average Bonchev–Trinajstić information content (AvgIpc) is 3.27. The molecule has 7 nitrogen and oxygen atoms in total. The molecule has 7 heteroatoms. The molecule has 1 aliphatic rings. The summed E-state index contributed by atoms with van der Waals surface area (Å²) in [5.41, 5.74) is 3.43. The highest BCUT2D eigenvalue weighted by molar-refractivity contribution is 5.95. The zero-order chi connectivity index (χ0) is 24.0. The molecule has 180 valence electrons. The van der Waals surface area contributed by atoms with E-state index >= 15 is 0 Å². The fourth-order valence-electron chi connectivity index (χ4n) is 4.47. The first kappa shape index (κ1) is 22.9. The summed E-state index contributed by atoms with van der Waals surface area (Å²) in [5, 5.41) is 1.11. The maximum Gasteiger partial charge on any atom is 0.254 e. The molecule has 2 aromatic heterocycles. The lowest BCUT2D eigenvalue weighted by atomic mass is 9.97. The summed E-state index contributed by atoms with van der Waals surface area (Å²) in [7, 11) is 1.59. The van der Waals surface area contributed by atoms with E-state index in [-0.39, 0.29) is 18.4 Å². The van der Waals surface area contributed by atoms with E-state index in [1.54, 1.807) is 37.8 Å². The van der Waals surface area contributed by atoms with Crippen LogP contribution in [0.2, 0.25) is 0 Å². The van der Waals surface area contributed by atoms with Gasteiger partial charge < -0.3 is 23.5 Å². The molecular formula is C28H28N2O5. The van der Waals surface area contributed by atoms with Gasteiger partial charge in [-0.1, -0.05) is 18.2 Å². The maximum atomic E-state index is 13.5. The molecule has 1 saturated heterocycles. The zero-order valence-electron chi connectivity index (χ0n) is 19.7. The summed E-state index contributed by atoms with van der Waals surface area (Å²) < 4.78 is 22.8. The Morgan fingerprint density at radius 3 is 2.91 bits per heavy atom. The van der Waals surface area contributed by atoms with Crippen molar-refractivity contribution < 1.29 is 23.4 Å². The van der Waals surface area contributed by atoms with Crippen molar-refractivity contribution in [1.29, 1.82) is 0 Å². The number of amides is 1. The molecule has 1 aliphatic heterocycles. The molecule has 1 amide bonds. The van der Waals surface area contributed by atoms with Gasteiger partial charge in [0, 0.05) is 36.2 Å². The minimum Gasteiger partial charge on any atom is -0.493 e. The van der Waals surface area contributed by atoms with Crippen LogP contribution in [0.1, 0.15) is 21.6 Å². The Labute approximate surface area is 204 Å². The van der Waals surface area contributed by atoms with Crippen molar-refractivity contribution in [1.82, 2.24) is 9.88 Å². The fraction of sp³-hybridized carbons (Fsp3) is 0.286. The van der Waals surface area contributed by atoms with Crippen LogP contribution in [0.3, 0.4) is 0 Å². The topological polar surface area (TPSA) is 74.0 Å². The molecule has 1 atom stereocenters. The standard InChI is InChI=1S/C28H28N2O5/c1-32-26-9-8-22(16-27(26)35-19-23-6-2-3-11-29-23)28(31)30-12-14-33-18-20(17-30)15-21-5-4-7-25-24(21)10-13-34-25/h2-11,13,16,20H,12,14-15,17-19H2,1H3/t20-/m1/s1. The highest BCUT2D eigenvalue weighted by Gasteiger charge is 2.25. The van der Waals surface area contributed by atoms with Crippen LogP contribution >= 0.6 is 0 Å². The van der Waals surface area contributed by atoms with Crippen molar-refractivity contribution in [2.24, 2.45) is 5.92 Å². The van der Waals surface area contributed by atoms with Crippen LogP contribution in [0.25, 0.3) is 11.0 Å². The van der Waals surface area contributed by atoms with Crippen molar-refractivity contribution >= 4 is 16.9 Å². The fourth-order valence-corrected chi connectivity index (χ4v) is 4.47. The Hall–Kier alpha value is -3.84. The molecule has 0 radical (unpaired) electrons. The quantitative estimate of drug-likeness (QED) is 0.387.